The number of aromatic nitrogens is 2. The van der Waals surface area contributed by atoms with Crippen LogP contribution in [-0.4, -0.2) is 61.9 Å². The van der Waals surface area contributed by atoms with Gasteiger partial charge in [-0.3, -0.25) is 23.9 Å². The van der Waals surface area contributed by atoms with E-state index in [9.17, 15) is 29.4 Å². The molecule has 0 saturated carbocycles. The van der Waals surface area contributed by atoms with Gasteiger partial charge in [0.05, 0.1) is 6.61 Å². The third-order valence-electron chi connectivity index (χ3n) is 3.41. The number of ether oxygens (including phenoxy) is 1. The van der Waals surface area contributed by atoms with E-state index in [1.807, 2.05) is 4.98 Å². The molecular weight excluding hydrogens is 288 g/mol. The minimum atomic E-state index is -2.82. The van der Waals surface area contributed by atoms with Crippen LogP contribution in [0.25, 0.3) is 0 Å². The van der Waals surface area contributed by atoms with E-state index in [0.29, 0.717) is 4.57 Å². The standard InChI is InChI=1S/C11H12N2O8/c14-3-6-8(18)10(20,4-15)11(5-16,21-6)13-2-1-7(17)12-9(13)19/h1-2,4-6,8,14,18,20H,3H2,(H,12,17,19)/t6-,8-,10-,11-/m1/s1. The zero-order chi connectivity index (χ0) is 15.8. The summed E-state index contributed by atoms with van der Waals surface area (Å²) in [6.45, 7) is -0.814. The molecule has 0 aromatic carbocycles. The molecule has 1 aromatic heterocycles. The molecule has 114 valence electrons. The molecule has 0 radical (unpaired) electrons. The number of H-pyrrole nitrogens is 1. The van der Waals surface area contributed by atoms with Crippen LogP contribution in [0.15, 0.2) is 21.9 Å². The summed E-state index contributed by atoms with van der Waals surface area (Å²) in [6.07, 6.45) is -2.82. The molecule has 1 aliphatic heterocycles. The van der Waals surface area contributed by atoms with Crippen LogP contribution < -0.4 is 11.2 Å². The molecule has 1 saturated heterocycles. The number of aliphatic hydroxyl groups is 3. The molecule has 0 spiro atoms. The summed E-state index contributed by atoms with van der Waals surface area (Å²) in [6, 6.07) is 0.861. The number of nitrogens with zero attached hydrogens (tertiary/aromatic N) is 1. The predicted molar refractivity (Wildman–Crippen MR) is 64.3 cm³/mol. The summed E-state index contributed by atoms with van der Waals surface area (Å²) in [7, 11) is 0. The lowest BCUT2D eigenvalue weighted by atomic mass is 9.87. The summed E-state index contributed by atoms with van der Waals surface area (Å²) < 4.78 is 5.53. The van der Waals surface area contributed by atoms with E-state index in [1.165, 1.54) is 0 Å². The van der Waals surface area contributed by atoms with Gasteiger partial charge >= 0.3 is 5.69 Å². The molecule has 0 aliphatic carbocycles. The Morgan fingerprint density at radius 2 is 2.05 bits per heavy atom. The highest BCUT2D eigenvalue weighted by molar-refractivity contribution is 5.77. The average molecular weight is 300 g/mol. The Morgan fingerprint density at radius 3 is 2.52 bits per heavy atom. The van der Waals surface area contributed by atoms with Crippen molar-refractivity contribution in [1.82, 2.24) is 9.55 Å². The number of rotatable bonds is 4. The van der Waals surface area contributed by atoms with Gasteiger partial charge in [0, 0.05) is 12.3 Å². The second-order valence-corrected chi connectivity index (χ2v) is 4.52. The van der Waals surface area contributed by atoms with Gasteiger partial charge in [-0.25, -0.2) is 4.79 Å². The number of aldehydes is 2. The fraction of sp³-hybridized carbons (Fsp3) is 0.455. The van der Waals surface area contributed by atoms with E-state index >= 15 is 0 Å². The van der Waals surface area contributed by atoms with Crippen LogP contribution >= 0.6 is 0 Å². The van der Waals surface area contributed by atoms with E-state index in [1.54, 1.807) is 0 Å². The lowest BCUT2D eigenvalue weighted by molar-refractivity contribution is -0.188. The molecule has 4 N–H and O–H groups in total. The van der Waals surface area contributed by atoms with Crippen molar-refractivity contribution in [3.63, 3.8) is 0 Å². The number of carbonyl (C=O) groups excluding carboxylic acids is 2. The van der Waals surface area contributed by atoms with Crippen LogP contribution in [0.5, 0.6) is 0 Å². The monoisotopic (exact) mass is 300 g/mol. The van der Waals surface area contributed by atoms with Crippen molar-refractivity contribution in [1.29, 1.82) is 0 Å². The molecule has 1 aromatic rings. The first-order chi connectivity index (χ1) is 9.86. The highest BCUT2D eigenvalue weighted by atomic mass is 16.6. The van der Waals surface area contributed by atoms with E-state index < -0.39 is 41.4 Å². The lowest BCUT2D eigenvalue weighted by Gasteiger charge is -2.34. The Labute approximate surface area is 116 Å². The van der Waals surface area contributed by atoms with Gasteiger partial charge in [-0.15, -0.1) is 0 Å². The molecule has 10 heteroatoms. The maximum atomic E-state index is 11.8. The molecule has 2 heterocycles. The largest absolute Gasteiger partial charge is 0.394 e. The van der Waals surface area contributed by atoms with Crippen molar-refractivity contribution in [3.05, 3.63) is 33.1 Å². The van der Waals surface area contributed by atoms with E-state index in [2.05, 4.69) is 0 Å². The summed E-state index contributed by atoms with van der Waals surface area (Å²) in [5.74, 6) is 0. The van der Waals surface area contributed by atoms with Gasteiger partial charge < -0.3 is 20.1 Å². The van der Waals surface area contributed by atoms with Gasteiger partial charge in [-0.2, -0.15) is 0 Å². The van der Waals surface area contributed by atoms with E-state index in [4.69, 9.17) is 9.84 Å². The van der Waals surface area contributed by atoms with Gasteiger partial charge in [0.15, 0.2) is 12.6 Å². The molecule has 4 atom stereocenters. The zero-order valence-electron chi connectivity index (χ0n) is 10.5. The maximum absolute atomic E-state index is 11.8. The number of carbonyl (C=O) groups is 2. The van der Waals surface area contributed by atoms with Crippen LogP contribution in [-0.2, 0) is 20.1 Å². The molecule has 2 rings (SSSR count). The molecule has 10 nitrogen and oxygen atoms in total. The van der Waals surface area contributed by atoms with Gasteiger partial charge in [-0.05, 0) is 0 Å². The molecule has 21 heavy (non-hydrogen) atoms. The normalized spacial score (nSPS) is 35.6. The van der Waals surface area contributed by atoms with Crippen molar-refractivity contribution in [2.24, 2.45) is 0 Å². The maximum Gasteiger partial charge on any atom is 0.331 e. The van der Waals surface area contributed by atoms with Gasteiger partial charge in [0.25, 0.3) is 5.56 Å². The minimum absolute atomic E-state index is 0.0556. The predicted octanol–water partition coefficient (Wildman–Crippen LogP) is -3.93. The highest BCUT2D eigenvalue weighted by Gasteiger charge is 2.67. The van der Waals surface area contributed by atoms with Gasteiger partial charge in [-0.1, -0.05) is 0 Å². The molecule has 1 fully saturated rings. The Bertz CT molecular complexity index is 681. The third kappa shape index (κ3) is 1.88. The average Bonchev–Trinajstić information content (AvgIpc) is 2.69. The third-order valence-corrected chi connectivity index (χ3v) is 3.41. The first kappa shape index (κ1) is 15.3. The Balaban J connectivity index is 2.75. The first-order valence-corrected chi connectivity index (χ1v) is 5.80. The summed E-state index contributed by atoms with van der Waals surface area (Å²) >= 11 is 0. The van der Waals surface area contributed by atoms with Crippen LogP contribution in [0.1, 0.15) is 0 Å². The lowest BCUT2D eigenvalue weighted by Crippen LogP contribution is -2.62. The van der Waals surface area contributed by atoms with Crippen molar-refractivity contribution in [2.75, 3.05) is 6.61 Å². The van der Waals surface area contributed by atoms with Gasteiger partial charge in [0.2, 0.25) is 11.3 Å². The van der Waals surface area contributed by atoms with Crippen LogP contribution in [0.3, 0.4) is 0 Å². The fourth-order valence-electron chi connectivity index (χ4n) is 2.28. The topological polar surface area (TPSA) is 159 Å². The minimum Gasteiger partial charge on any atom is -0.394 e. The van der Waals surface area contributed by atoms with Crippen LogP contribution in [0.4, 0.5) is 0 Å². The molecule has 1 aliphatic rings. The number of hydrogen-bond donors (Lipinski definition) is 4. The van der Waals surface area contributed by atoms with Crippen molar-refractivity contribution in [2.45, 2.75) is 23.5 Å². The fourth-order valence-corrected chi connectivity index (χ4v) is 2.28. The number of hydrogen-bond acceptors (Lipinski definition) is 8. The second-order valence-electron chi connectivity index (χ2n) is 4.52. The van der Waals surface area contributed by atoms with E-state index in [-0.39, 0.29) is 12.6 Å². The summed E-state index contributed by atoms with van der Waals surface area (Å²) in [5, 5.41) is 29.2. The van der Waals surface area contributed by atoms with Crippen molar-refractivity contribution >= 4 is 12.6 Å². The molecular formula is C11H12N2O8. The van der Waals surface area contributed by atoms with Crippen LogP contribution in [0.2, 0.25) is 0 Å². The quantitative estimate of drug-likeness (QED) is 0.410. The molecule has 0 unspecified atom stereocenters. The summed E-state index contributed by atoms with van der Waals surface area (Å²) in [5.41, 5.74) is -7.34. The molecule has 0 bridgehead atoms. The van der Waals surface area contributed by atoms with E-state index in [0.717, 1.165) is 12.3 Å². The highest BCUT2D eigenvalue weighted by Crippen LogP contribution is 2.40. The Kier molecular flexibility index (Phi) is 3.63. The van der Waals surface area contributed by atoms with Crippen molar-refractivity contribution in [3.8, 4) is 0 Å². The Hall–Kier alpha value is -2.14. The van der Waals surface area contributed by atoms with Crippen LogP contribution in [0, 0.1) is 0 Å². The van der Waals surface area contributed by atoms with Crippen molar-refractivity contribution < 1.29 is 29.6 Å². The second kappa shape index (κ2) is 5.00. The molecule has 0 amide bonds. The van der Waals surface area contributed by atoms with Gasteiger partial charge in [0.1, 0.15) is 12.2 Å². The SMILES string of the molecule is O=C[C@@]1(O)[C@H](O)[C@@H](CO)O[C@@]1(C=O)n1ccc(=O)[nH]c1=O. The zero-order valence-corrected chi connectivity index (χ0v) is 10.5. The smallest absolute Gasteiger partial charge is 0.331 e. The first-order valence-electron chi connectivity index (χ1n) is 5.80. The number of nitrogens with one attached hydrogen (secondary N) is 1. The number of aliphatic hydroxyl groups excluding tert-OH is 2. The Morgan fingerprint density at radius 1 is 1.38 bits per heavy atom. The summed E-state index contributed by atoms with van der Waals surface area (Å²) in [4.78, 5) is 47.3. The number of aromatic amines is 1.